The van der Waals surface area contributed by atoms with Gasteiger partial charge >= 0.3 is 11.4 Å². The molecule has 0 spiro atoms. The highest BCUT2D eigenvalue weighted by atomic mass is 35.5. The predicted octanol–water partition coefficient (Wildman–Crippen LogP) is 2.49. The zero-order chi connectivity index (χ0) is 25.1. The molecule has 0 aliphatic heterocycles. The summed E-state index contributed by atoms with van der Waals surface area (Å²) in [5.41, 5.74) is 1.88. The number of benzene rings is 2. The van der Waals surface area contributed by atoms with E-state index in [1.807, 2.05) is 26.0 Å². The zero-order valence-corrected chi connectivity index (χ0v) is 20.2. The number of fused-ring (bicyclic) bond motifs is 1. The number of nitrogens with zero attached hydrogens (tertiary/aromatic N) is 3. The molecule has 184 valence electrons. The average Bonchev–Trinajstić information content (AvgIpc) is 3.18. The van der Waals surface area contributed by atoms with Crippen LogP contribution in [-0.2, 0) is 19.5 Å². The van der Waals surface area contributed by atoms with Gasteiger partial charge in [0.1, 0.15) is 11.3 Å². The number of hydrogen-bond acceptors (Lipinski definition) is 6. The number of nitrogens with one attached hydrogen (secondary N) is 1. The van der Waals surface area contributed by atoms with Crippen molar-refractivity contribution in [1.82, 2.24) is 14.1 Å². The van der Waals surface area contributed by atoms with Crippen LogP contribution in [-0.4, -0.2) is 37.5 Å². The quantitative estimate of drug-likeness (QED) is 0.344. The first-order chi connectivity index (χ1) is 16.8. The van der Waals surface area contributed by atoms with Gasteiger partial charge in [-0.15, -0.1) is 0 Å². The van der Waals surface area contributed by atoms with Gasteiger partial charge in [-0.05, 0) is 48.4 Å². The molecule has 4 aromatic rings. The van der Waals surface area contributed by atoms with E-state index in [1.165, 1.54) is 4.57 Å². The van der Waals surface area contributed by atoms with E-state index in [9.17, 15) is 19.8 Å². The maximum atomic E-state index is 13.4. The van der Waals surface area contributed by atoms with Gasteiger partial charge in [0.05, 0.1) is 12.2 Å². The van der Waals surface area contributed by atoms with Gasteiger partial charge in [0, 0.05) is 42.5 Å². The van der Waals surface area contributed by atoms with Crippen molar-refractivity contribution < 1.29 is 14.6 Å². The van der Waals surface area contributed by atoms with E-state index in [4.69, 9.17) is 16.0 Å². The Kier molecular flexibility index (Phi) is 7.39. The standard InChI is InChI=1S/C25H27ClN4O5/c1-3-21-15(2)20-10-19(8-9-22(20)35-21)27-23-28-24(33)30(12-17(13-31)14-32)25(34)29(23)11-16-4-6-18(26)7-5-16/h4-10,17,31-32H,3,11-14H2,1-2H3,(H,27,28,33). The van der Waals surface area contributed by atoms with Crippen LogP contribution in [0, 0.1) is 12.8 Å². The van der Waals surface area contributed by atoms with Crippen LogP contribution in [0.25, 0.3) is 11.0 Å². The summed E-state index contributed by atoms with van der Waals surface area (Å²) in [5.74, 6) is 0.244. The maximum Gasteiger partial charge on any atom is 0.335 e. The van der Waals surface area contributed by atoms with Crippen LogP contribution in [0.5, 0.6) is 0 Å². The van der Waals surface area contributed by atoms with Crippen LogP contribution in [0.15, 0.2) is 61.5 Å². The molecule has 0 saturated carbocycles. The van der Waals surface area contributed by atoms with Crippen LogP contribution >= 0.6 is 11.6 Å². The highest BCUT2D eigenvalue weighted by molar-refractivity contribution is 6.30. The fourth-order valence-electron chi connectivity index (χ4n) is 3.94. The third-order valence-electron chi connectivity index (χ3n) is 5.97. The van der Waals surface area contributed by atoms with E-state index in [0.29, 0.717) is 10.7 Å². The summed E-state index contributed by atoms with van der Waals surface area (Å²) in [4.78, 5) is 33.5. The molecule has 3 N–H and O–H groups in total. The van der Waals surface area contributed by atoms with Crippen LogP contribution in [0.1, 0.15) is 23.8 Å². The van der Waals surface area contributed by atoms with Crippen molar-refractivity contribution in [1.29, 1.82) is 0 Å². The number of H-pyrrole nitrogens is 1. The summed E-state index contributed by atoms with van der Waals surface area (Å²) in [6.45, 7) is 3.26. The lowest BCUT2D eigenvalue weighted by Gasteiger charge is -2.14. The highest BCUT2D eigenvalue weighted by Gasteiger charge is 2.15. The molecule has 0 atom stereocenters. The molecule has 2 heterocycles. The molecule has 0 unspecified atom stereocenters. The normalized spacial score (nSPS) is 12.2. The Morgan fingerprint density at radius 2 is 1.80 bits per heavy atom. The summed E-state index contributed by atoms with van der Waals surface area (Å²) >= 11 is 6.00. The molecule has 0 amide bonds. The Hall–Kier alpha value is -3.40. The van der Waals surface area contributed by atoms with Gasteiger partial charge in [-0.2, -0.15) is 0 Å². The second-order valence-corrected chi connectivity index (χ2v) is 8.82. The van der Waals surface area contributed by atoms with Crippen molar-refractivity contribution in [2.75, 3.05) is 13.2 Å². The molecule has 2 aromatic heterocycles. The second-order valence-electron chi connectivity index (χ2n) is 8.39. The Morgan fingerprint density at radius 3 is 2.46 bits per heavy atom. The van der Waals surface area contributed by atoms with Crippen LogP contribution < -0.4 is 17.0 Å². The minimum atomic E-state index is -0.679. The van der Waals surface area contributed by atoms with Crippen molar-refractivity contribution in [2.45, 2.75) is 33.4 Å². The minimum Gasteiger partial charge on any atom is -0.461 e. The first-order valence-electron chi connectivity index (χ1n) is 11.3. The summed E-state index contributed by atoms with van der Waals surface area (Å²) in [6, 6.07) is 12.4. The van der Waals surface area contributed by atoms with Crippen LogP contribution in [0.4, 0.5) is 5.69 Å². The number of aryl methyl sites for hydroxylation is 2. The summed E-state index contributed by atoms with van der Waals surface area (Å²) in [5, 5.41) is 20.4. The van der Waals surface area contributed by atoms with E-state index in [0.717, 1.165) is 38.8 Å². The molecule has 0 radical (unpaired) electrons. The van der Waals surface area contributed by atoms with Crippen molar-refractivity contribution in [3.8, 4) is 0 Å². The zero-order valence-electron chi connectivity index (χ0n) is 19.5. The first kappa shape index (κ1) is 24.7. The van der Waals surface area contributed by atoms with Crippen molar-refractivity contribution >= 4 is 28.3 Å². The Morgan fingerprint density at radius 1 is 1.09 bits per heavy atom. The van der Waals surface area contributed by atoms with Gasteiger partial charge in [0.25, 0.3) is 0 Å². The largest absolute Gasteiger partial charge is 0.461 e. The van der Waals surface area contributed by atoms with Crippen LogP contribution in [0.3, 0.4) is 0 Å². The van der Waals surface area contributed by atoms with E-state index in [1.54, 1.807) is 30.3 Å². The van der Waals surface area contributed by atoms with Crippen molar-refractivity contribution in [2.24, 2.45) is 10.9 Å². The topological polar surface area (TPSA) is 126 Å². The molecule has 35 heavy (non-hydrogen) atoms. The summed E-state index contributed by atoms with van der Waals surface area (Å²) in [7, 11) is 0. The molecular formula is C25H27ClN4O5. The Bertz CT molecular complexity index is 1520. The van der Waals surface area contributed by atoms with E-state index in [2.05, 4.69) is 9.98 Å². The minimum absolute atomic E-state index is 0.0759. The molecule has 0 aliphatic rings. The summed E-state index contributed by atoms with van der Waals surface area (Å²) in [6.07, 6.45) is 0.766. The van der Waals surface area contributed by atoms with E-state index in [-0.39, 0.29) is 31.9 Å². The molecule has 0 aliphatic carbocycles. The number of hydrogen-bond donors (Lipinski definition) is 3. The third-order valence-corrected chi connectivity index (χ3v) is 6.22. The number of aromatic nitrogens is 3. The summed E-state index contributed by atoms with van der Waals surface area (Å²) < 4.78 is 8.18. The highest BCUT2D eigenvalue weighted by Crippen LogP contribution is 2.29. The molecular weight excluding hydrogens is 472 g/mol. The predicted molar refractivity (Wildman–Crippen MR) is 133 cm³/mol. The maximum absolute atomic E-state index is 13.4. The van der Waals surface area contributed by atoms with Gasteiger partial charge in [-0.1, -0.05) is 30.7 Å². The molecule has 0 saturated heterocycles. The second kappa shape index (κ2) is 10.5. The van der Waals surface area contributed by atoms with Crippen LogP contribution in [0.2, 0.25) is 5.02 Å². The van der Waals surface area contributed by atoms with Gasteiger partial charge in [-0.3, -0.25) is 9.55 Å². The van der Waals surface area contributed by atoms with Crippen molar-refractivity contribution in [3.05, 3.63) is 91.0 Å². The molecule has 2 aromatic carbocycles. The monoisotopic (exact) mass is 498 g/mol. The van der Waals surface area contributed by atoms with Gasteiger partial charge in [-0.25, -0.2) is 19.1 Å². The Balaban J connectivity index is 1.89. The SMILES string of the molecule is CCc1oc2ccc(/N=c3\[nH]c(=O)n(CC(CO)CO)c(=O)n3Cc3ccc(Cl)cc3)cc2c1C. The number of aliphatic hydroxyl groups is 2. The molecule has 0 bridgehead atoms. The van der Waals surface area contributed by atoms with Gasteiger partial charge in [0.2, 0.25) is 5.62 Å². The number of aromatic amines is 1. The number of halogens is 1. The number of furan rings is 1. The number of aliphatic hydroxyl groups excluding tert-OH is 2. The molecule has 4 rings (SSSR count). The van der Waals surface area contributed by atoms with Gasteiger partial charge < -0.3 is 14.6 Å². The smallest absolute Gasteiger partial charge is 0.335 e. The lowest BCUT2D eigenvalue weighted by Crippen LogP contribution is -2.51. The molecule has 9 nitrogen and oxygen atoms in total. The number of rotatable bonds is 8. The van der Waals surface area contributed by atoms with Crippen molar-refractivity contribution in [3.63, 3.8) is 0 Å². The lowest BCUT2D eigenvalue weighted by molar-refractivity contribution is 0.134. The third kappa shape index (κ3) is 5.17. The lowest BCUT2D eigenvalue weighted by atomic mass is 10.1. The van der Waals surface area contributed by atoms with E-state index < -0.39 is 17.3 Å². The fraction of sp³-hybridized carbons (Fsp3) is 0.320. The Labute approximate surface area is 205 Å². The van der Waals surface area contributed by atoms with Gasteiger partial charge in [0.15, 0.2) is 0 Å². The average molecular weight is 499 g/mol. The fourth-order valence-corrected chi connectivity index (χ4v) is 4.06. The molecule has 0 fully saturated rings. The first-order valence-corrected chi connectivity index (χ1v) is 11.7. The van der Waals surface area contributed by atoms with E-state index >= 15 is 0 Å². The molecule has 10 heteroatoms.